The van der Waals surface area contributed by atoms with Gasteiger partial charge >= 0.3 is 0 Å². The van der Waals surface area contributed by atoms with Crippen LogP contribution >= 0.6 is 0 Å². The number of amides is 2. The molecule has 1 heterocycles. The molecule has 4 heteroatoms. The van der Waals surface area contributed by atoms with Gasteiger partial charge in [0.2, 0.25) is 5.91 Å². The smallest absolute Gasteiger partial charge is 0.253 e. The zero-order valence-corrected chi connectivity index (χ0v) is 18.3. The van der Waals surface area contributed by atoms with Gasteiger partial charge in [0.25, 0.3) is 5.91 Å². The average molecular weight is 407 g/mol. The Hall–Kier alpha value is -2.62. The summed E-state index contributed by atoms with van der Waals surface area (Å²) in [5, 5.41) is 0. The van der Waals surface area contributed by atoms with Gasteiger partial charge in [-0.15, -0.1) is 0 Å². The molecule has 0 aromatic heterocycles. The van der Waals surface area contributed by atoms with E-state index in [9.17, 15) is 9.59 Å². The fraction of sp³-hybridized carbons (Fsp3) is 0.462. The van der Waals surface area contributed by atoms with Crippen molar-refractivity contribution in [3.05, 3.63) is 71.8 Å². The van der Waals surface area contributed by atoms with Crippen LogP contribution in [0.5, 0.6) is 0 Å². The number of piperidine rings is 1. The van der Waals surface area contributed by atoms with E-state index >= 15 is 0 Å². The maximum absolute atomic E-state index is 12.9. The molecule has 3 rings (SSSR count). The molecule has 0 atom stereocenters. The Morgan fingerprint density at radius 2 is 1.57 bits per heavy atom. The van der Waals surface area contributed by atoms with E-state index in [4.69, 9.17) is 0 Å². The Morgan fingerprint density at radius 1 is 0.967 bits per heavy atom. The number of nitrogens with zero attached hydrogens (tertiary/aromatic N) is 2. The molecule has 2 aromatic carbocycles. The van der Waals surface area contributed by atoms with Crippen molar-refractivity contribution in [2.45, 2.75) is 39.5 Å². The van der Waals surface area contributed by atoms with Crippen LogP contribution in [0.2, 0.25) is 0 Å². The third kappa shape index (κ3) is 6.45. The van der Waals surface area contributed by atoms with Crippen molar-refractivity contribution in [2.75, 3.05) is 26.2 Å². The van der Waals surface area contributed by atoms with Gasteiger partial charge in [-0.3, -0.25) is 9.59 Å². The number of benzene rings is 2. The molecule has 0 saturated carbocycles. The molecule has 0 radical (unpaired) electrons. The first-order valence-electron chi connectivity index (χ1n) is 11.2. The highest BCUT2D eigenvalue weighted by Gasteiger charge is 2.24. The largest absolute Gasteiger partial charge is 0.343 e. The number of carbonyl (C=O) groups excluding carboxylic acids is 2. The molecule has 1 saturated heterocycles. The van der Waals surface area contributed by atoms with E-state index in [1.54, 1.807) is 0 Å². The number of rotatable bonds is 8. The minimum absolute atomic E-state index is 0.0127. The van der Waals surface area contributed by atoms with Crippen molar-refractivity contribution < 1.29 is 9.59 Å². The van der Waals surface area contributed by atoms with Crippen LogP contribution in [0.3, 0.4) is 0 Å². The molecule has 0 unspecified atom stereocenters. The van der Waals surface area contributed by atoms with E-state index in [2.05, 4.69) is 44.2 Å². The number of likely N-dealkylation sites (tertiary alicyclic amines) is 1. The predicted octanol–water partition coefficient (Wildman–Crippen LogP) is 4.66. The highest BCUT2D eigenvalue weighted by molar-refractivity contribution is 5.94. The van der Waals surface area contributed by atoms with Gasteiger partial charge in [-0.2, -0.15) is 0 Å². The van der Waals surface area contributed by atoms with Crippen molar-refractivity contribution in [2.24, 2.45) is 11.8 Å². The molecule has 160 valence electrons. The Balaban J connectivity index is 1.49. The fourth-order valence-electron chi connectivity index (χ4n) is 4.20. The van der Waals surface area contributed by atoms with Crippen LogP contribution in [0.25, 0.3) is 0 Å². The molecule has 1 fully saturated rings. The van der Waals surface area contributed by atoms with Gasteiger partial charge in [-0.1, -0.05) is 62.4 Å². The highest BCUT2D eigenvalue weighted by Crippen LogP contribution is 2.22. The molecule has 0 aliphatic carbocycles. The van der Waals surface area contributed by atoms with Crippen LogP contribution in [0.4, 0.5) is 0 Å². The van der Waals surface area contributed by atoms with Gasteiger partial charge in [0.05, 0.1) is 0 Å². The normalized spacial score (nSPS) is 14.7. The molecular formula is C26H34N2O2. The van der Waals surface area contributed by atoms with E-state index in [0.29, 0.717) is 36.9 Å². The van der Waals surface area contributed by atoms with Crippen molar-refractivity contribution in [1.82, 2.24) is 9.80 Å². The molecule has 2 aromatic rings. The summed E-state index contributed by atoms with van der Waals surface area (Å²) in [5.74, 6) is 1.19. The average Bonchev–Trinajstić information content (AvgIpc) is 2.77. The summed E-state index contributed by atoms with van der Waals surface area (Å²) in [4.78, 5) is 29.5. The van der Waals surface area contributed by atoms with Gasteiger partial charge in [-0.05, 0) is 48.8 Å². The van der Waals surface area contributed by atoms with Crippen LogP contribution in [0.1, 0.15) is 49.0 Å². The second-order valence-corrected chi connectivity index (χ2v) is 8.77. The van der Waals surface area contributed by atoms with Crippen molar-refractivity contribution >= 4 is 11.8 Å². The predicted molar refractivity (Wildman–Crippen MR) is 121 cm³/mol. The van der Waals surface area contributed by atoms with Crippen molar-refractivity contribution in [3.8, 4) is 0 Å². The third-order valence-corrected chi connectivity index (χ3v) is 5.82. The van der Waals surface area contributed by atoms with Crippen LogP contribution in [0.15, 0.2) is 60.7 Å². The maximum atomic E-state index is 12.9. The zero-order chi connectivity index (χ0) is 21.3. The Morgan fingerprint density at radius 3 is 2.17 bits per heavy atom. The summed E-state index contributed by atoms with van der Waals surface area (Å²) < 4.78 is 0. The summed E-state index contributed by atoms with van der Waals surface area (Å²) in [7, 11) is 0. The van der Waals surface area contributed by atoms with Gasteiger partial charge in [-0.25, -0.2) is 0 Å². The van der Waals surface area contributed by atoms with Crippen LogP contribution in [-0.2, 0) is 11.2 Å². The van der Waals surface area contributed by atoms with Crippen molar-refractivity contribution in [3.63, 3.8) is 0 Å². The summed E-state index contributed by atoms with van der Waals surface area (Å²) in [5.41, 5.74) is 2.07. The molecule has 2 amide bonds. The zero-order valence-electron chi connectivity index (χ0n) is 18.3. The first-order chi connectivity index (χ1) is 14.5. The van der Waals surface area contributed by atoms with E-state index in [-0.39, 0.29) is 11.8 Å². The Kier molecular flexibility index (Phi) is 8.06. The molecule has 0 N–H and O–H groups in total. The fourth-order valence-corrected chi connectivity index (χ4v) is 4.20. The summed E-state index contributed by atoms with van der Waals surface area (Å²) in [6.07, 6.45) is 3.60. The van der Waals surface area contributed by atoms with Crippen LogP contribution < -0.4 is 0 Å². The highest BCUT2D eigenvalue weighted by atomic mass is 16.2. The summed E-state index contributed by atoms with van der Waals surface area (Å²) >= 11 is 0. The van der Waals surface area contributed by atoms with E-state index < -0.39 is 0 Å². The Labute approximate surface area is 180 Å². The lowest BCUT2D eigenvalue weighted by Gasteiger charge is -2.33. The van der Waals surface area contributed by atoms with E-state index in [1.807, 2.05) is 40.1 Å². The van der Waals surface area contributed by atoms with Crippen LogP contribution in [-0.4, -0.2) is 47.8 Å². The van der Waals surface area contributed by atoms with Gasteiger partial charge in [0, 0.05) is 38.2 Å². The number of carbonyl (C=O) groups is 2. The van der Waals surface area contributed by atoms with E-state index in [1.165, 1.54) is 5.56 Å². The topological polar surface area (TPSA) is 40.6 Å². The first kappa shape index (κ1) is 22.1. The molecule has 1 aliphatic rings. The lowest BCUT2D eigenvalue weighted by atomic mass is 9.90. The molecule has 1 aliphatic heterocycles. The second-order valence-electron chi connectivity index (χ2n) is 8.77. The third-order valence-electron chi connectivity index (χ3n) is 5.82. The number of hydrogen-bond donors (Lipinski definition) is 0. The molecule has 4 nitrogen and oxygen atoms in total. The monoisotopic (exact) mass is 406 g/mol. The minimum Gasteiger partial charge on any atom is -0.343 e. The first-order valence-corrected chi connectivity index (χ1v) is 11.2. The summed E-state index contributed by atoms with van der Waals surface area (Å²) in [6, 6.07) is 20.0. The van der Waals surface area contributed by atoms with E-state index in [0.717, 1.165) is 32.4 Å². The summed E-state index contributed by atoms with van der Waals surface area (Å²) in [6.45, 7) is 7.00. The van der Waals surface area contributed by atoms with Gasteiger partial charge < -0.3 is 9.80 Å². The SMILES string of the molecule is CC(C)CN(CCC(=O)N1CCC(Cc2ccccc2)CC1)C(=O)c1ccccc1. The molecule has 30 heavy (non-hydrogen) atoms. The second kappa shape index (κ2) is 11.0. The lowest BCUT2D eigenvalue weighted by molar-refractivity contribution is -0.132. The van der Waals surface area contributed by atoms with Crippen molar-refractivity contribution in [1.29, 1.82) is 0 Å². The Bertz CT molecular complexity index is 796. The standard InChI is InChI=1S/C26H34N2O2/c1-21(2)20-28(26(30)24-11-7-4-8-12-24)18-15-25(29)27-16-13-23(14-17-27)19-22-9-5-3-6-10-22/h3-12,21,23H,13-20H2,1-2H3. The van der Waals surface area contributed by atoms with Gasteiger partial charge in [0.15, 0.2) is 0 Å². The molecule has 0 bridgehead atoms. The quantitative estimate of drug-likeness (QED) is 0.640. The minimum atomic E-state index is 0.0127. The lowest BCUT2D eigenvalue weighted by Crippen LogP contribution is -2.42. The number of hydrogen-bond acceptors (Lipinski definition) is 2. The molecule has 0 spiro atoms. The van der Waals surface area contributed by atoms with Gasteiger partial charge in [0.1, 0.15) is 0 Å². The molecular weight excluding hydrogens is 372 g/mol. The maximum Gasteiger partial charge on any atom is 0.253 e. The van der Waals surface area contributed by atoms with Crippen LogP contribution in [0, 0.1) is 11.8 Å².